The van der Waals surface area contributed by atoms with Crippen molar-refractivity contribution in [3.05, 3.63) is 18.2 Å². The molecule has 164 valence electrons. The lowest BCUT2D eigenvalue weighted by Gasteiger charge is -2.36. The van der Waals surface area contributed by atoms with Gasteiger partial charge in [-0.1, -0.05) is 19.1 Å². The van der Waals surface area contributed by atoms with Gasteiger partial charge in [-0.25, -0.2) is 13.1 Å². The third kappa shape index (κ3) is 4.09. The molecule has 4 rings (SSSR count). The Balaban J connectivity index is 1.51. The Labute approximate surface area is 178 Å². The largest absolute Gasteiger partial charge is 0.342 e. The van der Waals surface area contributed by atoms with Gasteiger partial charge in [-0.3, -0.25) is 4.79 Å². The first-order valence-electron chi connectivity index (χ1n) is 11.0. The smallest absolute Gasteiger partial charge is 0.243 e. The maximum absolute atomic E-state index is 13.3. The highest BCUT2D eigenvalue weighted by molar-refractivity contribution is 7.89. The molecule has 1 atom stereocenters. The Morgan fingerprint density at radius 1 is 1.17 bits per heavy atom. The lowest BCUT2D eigenvalue weighted by atomic mass is 9.94. The van der Waals surface area contributed by atoms with Crippen LogP contribution in [-0.4, -0.2) is 64.7 Å². The van der Waals surface area contributed by atoms with Crippen LogP contribution in [0.4, 0.5) is 0 Å². The van der Waals surface area contributed by atoms with Crippen molar-refractivity contribution in [1.29, 1.82) is 0 Å². The normalized spacial score (nSPS) is 21.9. The summed E-state index contributed by atoms with van der Waals surface area (Å²) in [6.45, 7) is 7.30. The topological polar surface area (TPSA) is 88.4 Å². The predicted molar refractivity (Wildman–Crippen MR) is 114 cm³/mol. The van der Waals surface area contributed by atoms with Crippen molar-refractivity contribution in [3.8, 4) is 0 Å². The maximum Gasteiger partial charge on any atom is 0.243 e. The van der Waals surface area contributed by atoms with Crippen LogP contribution in [0.1, 0.15) is 46.0 Å². The molecule has 0 saturated carbocycles. The molecule has 1 amide bonds. The van der Waals surface area contributed by atoms with Gasteiger partial charge < -0.3 is 4.90 Å². The molecular formula is C21H31N5O3S. The van der Waals surface area contributed by atoms with E-state index in [0.29, 0.717) is 24.4 Å². The third-order valence-electron chi connectivity index (χ3n) is 6.39. The molecule has 2 aliphatic heterocycles. The van der Waals surface area contributed by atoms with Crippen molar-refractivity contribution in [2.24, 2.45) is 11.8 Å². The zero-order chi connectivity index (χ0) is 21.3. The fourth-order valence-electron chi connectivity index (χ4n) is 4.49. The van der Waals surface area contributed by atoms with Gasteiger partial charge in [0.1, 0.15) is 5.52 Å². The van der Waals surface area contributed by atoms with Crippen LogP contribution in [0.15, 0.2) is 23.1 Å². The molecule has 2 aromatic rings. The average Bonchev–Trinajstić information content (AvgIpc) is 3.16. The molecule has 1 aromatic carbocycles. The second-order valence-corrected chi connectivity index (χ2v) is 10.6. The maximum atomic E-state index is 13.3. The van der Waals surface area contributed by atoms with E-state index < -0.39 is 10.0 Å². The van der Waals surface area contributed by atoms with Crippen LogP contribution >= 0.6 is 0 Å². The Hall–Kier alpha value is -2.00. The number of likely N-dealkylation sites (tertiary alicyclic amines) is 1. The van der Waals surface area contributed by atoms with Crippen molar-refractivity contribution in [1.82, 2.24) is 24.2 Å². The molecule has 8 nitrogen and oxygen atoms in total. The minimum absolute atomic E-state index is 0.111. The van der Waals surface area contributed by atoms with Crippen LogP contribution < -0.4 is 0 Å². The number of hydrogen-bond donors (Lipinski definition) is 0. The van der Waals surface area contributed by atoms with Crippen LogP contribution in [-0.2, 0) is 21.4 Å². The summed E-state index contributed by atoms with van der Waals surface area (Å²) in [6.07, 6.45) is 4.44. The first-order valence-corrected chi connectivity index (χ1v) is 12.5. The number of benzene rings is 1. The van der Waals surface area contributed by atoms with E-state index in [1.165, 1.54) is 4.31 Å². The first-order chi connectivity index (χ1) is 14.4. The number of carbonyl (C=O) groups excluding carboxylic acids is 1. The van der Waals surface area contributed by atoms with Gasteiger partial charge in [-0.15, -0.1) is 5.10 Å². The molecule has 0 radical (unpaired) electrons. The monoisotopic (exact) mass is 433 g/mol. The quantitative estimate of drug-likeness (QED) is 0.723. The molecule has 0 unspecified atom stereocenters. The first kappa shape index (κ1) is 21.2. The Kier molecular flexibility index (Phi) is 6.11. The van der Waals surface area contributed by atoms with Crippen LogP contribution in [0.25, 0.3) is 11.0 Å². The SMILES string of the molecule is CCCn1nnc2cc(S(=O)(=O)N3CCC[C@H](C(=O)N4CCC(C)CC4)C3)ccc21. The van der Waals surface area contributed by atoms with Crippen LogP contribution in [0.3, 0.4) is 0 Å². The summed E-state index contributed by atoms with van der Waals surface area (Å²) in [7, 11) is -3.68. The molecule has 3 heterocycles. The minimum atomic E-state index is -3.68. The van der Waals surface area contributed by atoms with Gasteiger partial charge in [0.2, 0.25) is 15.9 Å². The van der Waals surface area contributed by atoms with Crippen molar-refractivity contribution in [2.45, 2.75) is 57.4 Å². The van der Waals surface area contributed by atoms with Gasteiger partial charge in [0.05, 0.1) is 16.3 Å². The van der Waals surface area contributed by atoms with Gasteiger partial charge in [0, 0.05) is 32.7 Å². The lowest BCUT2D eigenvalue weighted by Crippen LogP contribution is -2.48. The van der Waals surface area contributed by atoms with Crippen LogP contribution in [0.2, 0.25) is 0 Å². The highest BCUT2D eigenvalue weighted by Crippen LogP contribution is 2.28. The molecule has 0 aliphatic carbocycles. The number of nitrogens with zero attached hydrogens (tertiary/aromatic N) is 5. The number of piperidine rings is 2. The van der Waals surface area contributed by atoms with Crippen LogP contribution in [0.5, 0.6) is 0 Å². The van der Waals surface area contributed by atoms with Crippen molar-refractivity contribution < 1.29 is 13.2 Å². The second kappa shape index (κ2) is 8.63. The molecule has 1 aromatic heterocycles. The molecule has 2 fully saturated rings. The van der Waals surface area contributed by atoms with E-state index in [-0.39, 0.29) is 23.3 Å². The van der Waals surface area contributed by atoms with Gasteiger partial charge in [0.25, 0.3) is 0 Å². The molecule has 0 bridgehead atoms. The number of amides is 1. The van der Waals surface area contributed by atoms with Crippen molar-refractivity contribution in [2.75, 3.05) is 26.2 Å². The number of carbonyl (C=O) groups is 1. The predicted octanol–water partition coefficient (Wildman–Crippen LogP) is 2.50. The highest BCUT2D eigenvalue weighted by Gasteiger charge is 2.36. The summed E-state index contributed by atoms with van der Waals surface area (Å²) in [4.78, 5) is 15.1. The summed E-state index contributed by atoms with van der Waals surface area (Å²) < 4.78 is 29.9. The molecule has 2 aliphatic rings. The standard InChI is InChI=1S/C21H31N5O3S/c1-3-10-26-20-7-6-18(14-19(20)22-23-26)30(28,29)25-11-4-5-17(15-25)21(27)24-12-8-16(2)9-13-24/h6-7,14,16-17H,3-5,8-13,15H2,1-2H3/t17-/m0/s1. The number of fused-ring (bicyclic) bond motifs is 1. The zero-order valence-electron chi connectivity index (χ0n) is 17.8. The molecule has 0 spiro atoms. The van der Waals surface area contributed by atoms with Gasteiger partial charge >= 0.3 is 0 Å². The summed E-state index contributed by atoms with van der Waals surface area (Å²) >= 11 is 0. The average molecular weight is 434 g/mol. The summed E-state index contributed by atoms with van der Waals surface area (Å²) in [5, 5.41) is 8.26. The number of hydrogen-bond acceptors (Lipinski definition) is 5. The number of rotatable bonds is 5. The van der Waals surface area contributed by atoms with E-state index in [2.05, 4.69) is 24.2 Å². The molecule has 30 heavy (non-hydrogen) atoms. The van der Waals surface area contributed by atoms with Gasteiger partial charge in [-0.2, -0.15) is 4.31 Å². The van der Waals surface area contributed by atoms with Crippen molar-refractivity contribution >= 4 is 27.0 Å². The van der Waals surface area contributed by atoms with Crippen LogP contribution in [0, 0.1) is 11.8 Å². The zero-order valence-corrected chi connectivity index (χ0v) is 18.6. The van der Waals surface area contributed by atoms with E-state index in [1.807, 2.05) is 4.90 Å². The summed E-state index contributed by atoms with van der Waals surface area (Å²) in [5.41, 5.74) is 1.42. The second-order valence-electron chi connectivity index (χ2n) is 8.67. The highest BCUT2D eigenvalue weighted by atomic mass is 32.2. The fourth-order valence-corrected chi connectivity index (χ4v) is 6.03. The fraction of sp³-hybridized carbons (Fsp3) is 0.667. The molecule has 9 heteroatoms. The lowest BCUT2D eigenvalue weighted by molar-refractivity contribution is -0.138. The number of aromatic nitrogens is 3. The van der Waals surface area contributed by atoms with E-state index >= 15 is 0 Å². The Bertz CT molecular complexity index is 1010. The molecule has 0 N–H and O–H groups in total. The number of aryl methyl sites for hydroxylation is 1. The Morgan fingerprint density at radius 3 is 2.67 bits per heavy atom. The number of sulfonamides is 1. The van der Waals surface area contributed by atoms with E-state index in [4.69, 9.17) is 0 Å². The van der Waals surface area contributed by atoms with Gasteiger partial charge in [0.15, 0.2) is 0 Å². The molecule has 2 saturated heterocycles. The van der Waals surface area contributed by atoms with E-state index in [0.717, 1.165) is 50.8 Å². The Morgan fingerprint density at radius 2 is 1.93 bits per heavy atom. The van der Waals surface area contributed by atoms with Crippen molar-refractivity contribution in [3.63, 3.8) is 0 Å². The van der Waals surface area contributed by atoms with Gasteiger partial charge in [-0.05, 0) is 56.2 Å². The molecular weight excluding hydrogens is 402 g/mol. The minimum Gasteiger partial charge on any atom is -0.342 e. The van der Waals surface area contributed by atoms with E-state index in [9.17, 15) is 13.2 Å². The summed E-state index contributed by atoms with van der Waals surface area (Å²) in [5.74, 6) is 0.512. The van der Waals surface area contributed by atoms with E-state index in [1.54, 1.807) is 22.9 Å². The summed E-state index contributed by atoms with van der Waals surface area (Å²) in [6, 6.07) is 5.01. The third-order valence-corrected chi connectivity index (χ3v) is 8.25.